The van der Waals surface area contributed by atoms with Crippen LogP contribution < -0.4 is 16.7 Å². The molecule has 0 aliphatic carbocycles. The fourth-order valence-electron chi connectivity index (χ4n) is 4.40. The molecule has 3 N–H and O–H groups in total. The summed E-state index contributed by atoms with van der Waals surface area (Å²) >= 11 is 0. The Morgan fingerprint density at radius 3 is 2.91 bits per heavy atom. The van der Waals surface area contributed by atoms with Crippen LogP contribution in [-0.4, -0.2) is 45.5 Å². The van der Waals surface area contributed by atoms with Crippen LogP contribution in [0.2, 0.25) is 0 Å². The average Bonchev–Trinajstić information content (AvgIpc) is 2.78. The van der Waals surface area contributed by atoms with Gasteiger partial charge in [0.15, 0.2) is 5.82 Å². The monoisotopic (exact) mass is 433 g/mol. The van der Waals surface area contributed by atoms with Crippen molar-refractivity contribution in [3.8, 4) is 0 Å². The summed E-state index contributed by atoms with van der Waals surface area (Å²) in [5, 5.41) is 0. The second-order valence-electron chi connectivity index (χ2n) is 8.49. The Morgan fingerprint density at radius 2 is 2.19 bits per heavy atom. The van der Waals surface area contributed by atoms with Gasteiger partial charge in [0.25, 0.3) is 5.56 Å². The van der Waals surface area contributed by atoms with Gasteiger partial charge in [0.2, 0.25) is 0 Å². The molecule has 0 amide bonds. The molecule has 8 heteroatoms. The Balaban J connectivity index is 1.63. The number of nitrogens with zero attached hydrogens (tertiary/aromatic N) is 5. The van der Waals surface area contributed by atoms with Crippen molar-refractivity contribution >= 4 is 17.9 Å². The van der Waals surface area contributed by atoms with E-state index in [9.17, 15) is 4.79 Å². The average molecular weight is 434 g/mol. The molecule has 1 atom stereocenters. The number of nitrogens with one attached hydrogen (secondary N) is 1. The Labute approximate surface area is 188 Å². The van der Waals surface area contributed by atoms with E-state index in [1.54, 1.807) is 24.1 Å². The van der Waals surface area contributed by atoms with Crippen molar-refractivity contribution in [1.82, 2.24) is 19.5 Å². The van der Waals surface area contributed by atoms with E-state index < -0.39 is 0 Å². The topological polar surface area (TPSA) is 101 Å². The molecule has 0 aromatic carbocycles. The molecule has 1 unspecified atom stereocenters. The number of aliphatic imine (C=N–C) groups is 1. The van der Waals surface area contributed by atoms with Crippen LogP contribution in [0.25, 0.3) is 11.6 Å². The number of rotatable bonds is 5. The summed E-state index contributed by atoms with van der Waals surface area (Å²) in [6.45, 7) is 7.60. The Kier molecular flexibility index (Phi) is 6.23. The van der Waals surface area contributed by atoms with Crippen LogP contribution in [0.3, 0.4) is 0 Å². The van der Waals surface area contributed by atoms with E-state index in [4.69, 9.17) is 10.7 Å². The van der Waals surface area contributed by atoms with E-state index in [0.29, 0.717) is 11.5 Å². The smallest absolute Gasteiger partial charge is 0.275 e. The van der Waals surface area contributed by atoms with Gasteiger partial charge in [-0.25, -0.2) is 9.66 Å². The first kappa shape index (κ1) is 22.0. The number of allylic oxidation sites excluding steroid dienone is 2. The molecule has 0 fully saturated rings. The molecular weight excluding hydrogens is 402 g/mol. The lowest BCUT2D eigenvalue weighted by molar-refractivity contribution is 0.205. The normalized spacial score (nSPS) is 19.1. The van der Waals surface area contributed by atoms with Crippen molar-refractivity contribution in [3.63, 3.8) is 0 Å². The first-order valence-electron chi connectivity index (χ1n) is 11.1. The Hall–Kier alpha value is -3.26. The van der Waals surface area contributed by atoms with E-state index >= 15 is 0 Å². The highest BCUT2D eigenvalue weighted by Crippen LogP contribution is 2.26. The molecule has 2 aliphatic rings. The third-order valence-corrected chi connectivity index (χ3v) is 6.05. The highest BCUT2D eigenvalue weighted by molar-refractivity contribution is 6.10. The van der Waals surface area contributed by atoms with E-state index in [2.05, 4.69) is 40.2 Å². The van der Waals surface area contributed by atoms with Crippen LogP contribution in [0.4, 0.5) is 0 Å². The number of hydrogen-bond acceptors (Lipinski definition) is 7. The van der Waals surface area contributed by atoms with Crippen LogP contribution in [0.5, 0.6) is 0 Å². The van der Waals surface area contributed by atoms with E-state index in [0.717, 1.165) is 60.3 Å². The quantitative estimate of drug-likeness (QED) is 0.702. The van der Waals surface area contributed by atoms with Crippen molar-refractivity contribution in [2.24, 2.45) is 10.7 Å². The van der Waals surface area contributed by atoms with Crippen LogP contribution in [-0.2, 0) is 19.4 Å². The zero-order valence-corrected chi connectivity index (χ0v) is 19.2. The summed E-state index contributed by atoms with van der Waals surface area (Å²) < 4.78 is 1.60. The van der Waals surface area contributed by atoms with Gasteiger partial charge in [-0.15, -0.1) is 0 Å². The summed E-state index contributed by atoms with van der Waals surface area (Å²) in [4.78, 5) is 28.6. The first-order chi connectivity index (χ1) is 15.4. The fourth-order valence-corrected chi connectivity index (χ4v) is 4.40. The molecule has 0 radical (unpaired) electrons. The van der Waals surface area contributed by atoms with E-state index in [1.165, 1.54) is 5.56 Å². The zero-order valence-electron chi connectivity index (χ0n) is 19.2. The van der Waals surface area contributed by atoms with Crippen LogP contribution >= 0.6 is 0 Å². The third-order valence-electron chi connectivity index (χ3n) is 6.05. The number of aromatic nitrogens is 3. The van der Waals surface area contributed by atoms with Gasteiger partial charge in [-0.2, -0.15) is 0 Å². The van der Waals surface area contributed by atoms with Gasteiger partial charge in [-0.3, -0.25) is 25.1 Å². The lowest BCUT2D eigenvalue weighted by Crippen LogP contribution is -2.52. The Bertz CT molecular complexity index is 1170. The van der Waals surface area contributed by atoms with Crippen molar-refractivity contribution in [1.29, 1.82) is 0 Å². The molecule has 2 aromatic heterocycles. The fraction of sp³-hybridized carbons (Fsp3) is 0.417. The molecule has 0 saturated carbocycles. The van der Waals surface area contributed by atoms with Gasteiger partial charge in [-0.1, -0.05) is 13.3 Å². The molecular formula is C24H31N7O. The molecule has 168 valence electrons. The lowest BCUT2D eigenvalue weighted by Gasteiger charge is -2.39. The number of fused-ring (bicyclic) bond motifs is 2. The highest BCUT2D eigenvalue weighted by Gasteiger charge is 2.29. The maximum absolute atomic E-state index is 13.0. The summed E-state index contributed by atoms with van der Waals surface area (Å²) in [6.07, 6.45) is 9.76. The van der Waals surface area contributed by atoms with Crippen LogP contribution in [0, 0.1) is 0 Å². The molecule has 32 heavy (non-hydrogen) atoms. The minimum atomic E-state index is -0.0841. The largest absolute Gasteiger partial charge is 0.402 e. The van der Waals surface area contributed by atoms with Gasteiger partial charge >= 0.3 is 0 Å². The van der Waals surface area contributed by atoms with Crippen molar-refractivity contribution < 1.29 is 0 Å². The standard InChI is InChI=1S/C24H31N7O/c1-5-6-17-11-28-22-9-15(2)23(29-31(22)24(17)32)30-8-7-21-19(14-30)10-18(12-27-21)20(13-26-4)16(3)25/h9-13,23,29H,5-8,14,25H2,1-4H3/b20-16+,26-13?. The SMILES string of the molecule is CCCc1cnc2n(c1=O)NC(N1CCc3ncc(/C(C=NC)=C(\C)N)cc3C1)C(C)=C2. The molecule has 4 rings (SSSR count). The molecule has 8 nitrogen and oxygen atoms in total. The lowest BCUT2D eigenvalue weighted by atomic mass is 9.98. The molecule has 2 aromatic rings. The third kappa shape index (κ3) is 4.10. The van der Waals surface area contributed by atoms with E-state index in [1.807, 2.05) is 19.2 Å². The number of nitrogens with two attached hydrogens (primary N) is 1. The molecule has 0 spiro atoms. The predicted octanol–water partition coefficient (Wildman–Crippen LogP) is 2.33. The van der Waals surface area contributed by atoms with Gasteiger partial charge in [0, 0.05) is 73.3 Å². The van der Waals surface area contributed by atoms with Gasteiger partial charge in [-0.05, 0) is 43.5 Å². The second kappa shape index (κ2) is 9.08. The zero-order chi connectivity index (χ0) is 22.8. The van der Waals surface area contributed by atoms with E-state index in [-0.39, 0.29) is 11.7 Å². The molecule has 0 bridgehead atoms. The molecule has 2 aliphatic heterocycles. The molecule has 4 heterocycles. The van der Waals surface area contributed by atoms with Crippen LogP contribution in [0.15, 0.2) is 39.5 Å². The van der Waals surface area contributed by atoms with Gasteiger partial charge in [0.05, 0.1) is 0 Å². The summed E-state index contributed by atoms with van der Waals surface area (Å²) in [5.74, 6) is 0.650. The number of pyridine rings is 1. The first-order valence-corrected chi connectivity index (χ1v) is 11.1. The van der Waals surface area contributed by atoms with Crippen molar-refractivity contribution in [2.75, 3.05) is 19.0 Å². The van der Waals surface area contributed by atoms with Gasteiger partial charge in [0.1, 0.15) is 6.17 Å². The minimum absolute atomic E-state index is 0.0148. The summed E-state index contributed by atoms with van der Waals surface area (Å²) in [7, 11) is 1.74. The summed E-state index contributed by atoms with van der Waals surface area (Å²) in [6, 6.07) is 2.16. The van der Waals surface area contributed by atoms with Crippen molar-refractivity contribution in [2.45, 2.75) is 52.7 Å². The predicted molar refractivity (Wildman–Crippen MR) is 129 cm³/mol. The van der Waals surface area contributed by atoms with Crippen LogP contribution in [0.1, 0.15) is 55.4 Å². The Morgan fingerprint density at radius 1 is 1.38 bits per heavy atom. The number of hydrogen-bond donors (Lipinski definition) is 2. The second-order valence-corrected chi connectivity index (χ2v) is 8.49. The minimum Gasteiger partial charge on any atom is -0.402 e. The maximum atomic E-state index is 13.0. The van der Waals surface area contributed by atoms with Gasteiger partial charge < -0.3 is 5.73 Å². The molecule has 0 saturated heterocycles. The maximum Gasteiger partial charge on any atom is 0.275 e. The summed E-state index contributed by atoms with van der Waals surface area (Å²) in [5.41, 5.74) is 16.2. The highest BCUT2D eigenvalue weighted by atomic mass is 16.1. The number of aryl methyl sites for hydroxylation is 1. The van der Waals surface area contributed by atoms with Crippen molar-refractivity contribution in [3.05, 3.63) is 68.3 Å².